The summed E-state index contributed by atoms with van der Waals surface area (Å²) in [4.78, 5) is 20.2. The normalized spacial score (nSPS) is 14.7. The Morgan fingerprint density at radius 1 is 1.32 bits per heavy atom. The van der Waals surface area contributed by atoms with E-state index >= 15 is 0 Å². The molecular weight excluding hydrogens is 356 g/mol. The molecule has 0 spiro atoms. The summed E-state index contributed by atoms with van der Waals surface area (Å²) in [6.07, 6.45) is 4.32. The number of aryl methyl sites for hydroxylation is 2. The van der Waals surface area contributed by atoms with Crippen LogP contribution in [-0.2, 0) is 26.6 Å². The van der Waals surface area contributed by atoms with Gasteiger partial charge in [0.1, 0.15) is 5.76 Å². The molecule has 8 nitrogen and oxygen atoms in total. The smallest absolute Gasteiger partial charge is 0.277 e. The van der Waals surface area contributed by atoms with Crippen molar-refractivity contribution in [3.05, 3.63) is 63.2 Å². The van der Waals surface area contributed by atoms with E-state index in [0.29, 0.717) is 12.2 Å². The van der Waals surface area contributed by atoms with Gasteiger partial charge < -0.3 is 4.42 Å². The van der Waals surface area contributed by atoms with E-state index in [-0.39, 0.29) is 5.56 Å². The van der Waals surface area contributed by atoms with E-state index in [1.807, 2.05) is 37.0 Å². The quantitative estimate of drug-likeness (QED) is 0.591. The number of rotatable bonds is 3. The maximum Gasteiger partial charge on any atom is 0.277 e. The van der Waals surface area contributed by atoms with Gasteiger partial charge in [-0.25, -0.2) is 9.50 Å². The number of fused-ring (bicyclic) bond motifs is 2. The van der Waals surface area contributed by atoms with Gasteiger partial charge in [-0.3, -0.25) is 19.5 Å². The highest BCUT2D eigenvalue weighted by Gasteiger charge is 2.23. The molecule has 8 heteroatoms. The van der Waals surface area contributed by atoms with Crippen LogP contribution >= 0.6 is 0 Å². The summed E-state index contributed by atoms with van der Waals surface area (Å²) >= 11 is 0. The molecule has 144 valence electrons. The predicted octanol–water partition coefficient (Wildman–Crippen LogP) is 2.19. The van der Waals surface area contributed by atoms with Crippen molar-refractivity contribution in [1.82, 2.24) is 29.3 Å². The highest BCUT2D eigenvalue weighted by Crippen LogP contribution is 2.24. The van der Waals surface area contributed by atoms with Crippen LogP contribution in [0.5, 0.6) is 0 Å². The molecule has 4 aromatic rings. The second-order valence-corrected chi connectivity index (χ2v) is 7.44. The summed E-state index contributed by atoms with van der Waals surface area (Å²) in [6.45, 7) is 6.23. The van der Waals surface area contributed by atoms with Crippen LogP contribution in [0.1, 0.15) is 28.3 Å². The summed E-state index contributed by atoms with van der Waals surface area (Å²) < 4.78 is 8.81. The number of aromatic nitrogens is 5. The van der Waals surface area contributed by atoms with Gasteiger partial charge in [0.2, 0.25) is 0 Å². The van der Waals surface area contributed by atoms with Crippen molar-refractivity contribution in [2.45, 2.75) is 33.4 Å². The number of H-pyrrole nitrogens is 1. The van der Waals surface area contributed by atoms with E-state index in [1.165, 1.54) is 5.56 Å². The number of hydrogen-bond donors (Lipinski definition) is 1. The zero-order chi connectivity index (χ0) is 19.4. The van der Waals surface area contributed by atoms with E-state index in [2.05, 4.69) is 22.0 Å². The van der Waals surface area contributed by atoms with Gasteiger partial charge in [0.25, 0.3) is 5.56 Å². The minimum Gasteiger partial charge on any atom is -0.469 e. The molecule has 28 heavy (non-hydrogen) atoms. The summed E-state index contributed by atoms with van der Waals surface area (Å²) in [7, 11) is 1.95. The standard InChI is InChI=1S/C20H22N6O2/c1-12-14(9-21-24(12)3)10-25-6-4-17-16(11-25)20(27)26-19(22-17)8-18(23-26)15-5-7-28-13(15)2/h5,7-9,23H,4,6,10-11H2,1-3H3. The van der Waals surface area contributed by atoms with Crippen LogP contribution in [0.2, 0.25) is 0 Å². The van der Waals surface area contributed by atoms with Crippen molar-refractivity contribution < 1.29 is 4.42 Å². The van der Waals surface area contributed by atoms with E-state index in [1.54, 1.807) is 10.8 Å². The average Bonchev–Trinajstić information content (AvgIpc) is 3.37. The molecule has 0 unspecified atom stereocenters. The summed E-state index contributed by atoms with van der Waals surface area (Å²) in [6, 6.07) is 3.80. The van der Waals surface area contributed by atoms with Crippen molar-refractivity contribution in [1.29, 1.82) is 0 Å². The highest BCUT2D eigenvalue weighted by molar-refractivity contribution is 5.65. The van der Waals surface area contributed by atoms with Gasteiger partial charge in [0.05, 0.1) is 29.4 Å². The van der Waals surface area contributed by atoms with Crippen LogP contribution < -0.4 is 5.56 Å². The molecule has 5 rings (SSSR count). The predicted molar refractivity (Wildman–Crippen MR) is 104 cm³/mol. The van der Waals surface area contributed by atoms with Crippen LogP contribution in [-0.4, -0.2) is 35.8 Å². The molecule has 0 saturated heterocycles. The Balaban J connectivity index is 1.50. The molecule has 0 radical (unpaired) electrons. The largest absolute Gasteiger partial charge is 0.469 e. The van der Waals surface area contributed by atoms with E-state index in [9.17, 15) is 4.79 Å². The lowest BCUT2D eigenvalue weighted by molar-refractivity contribution is 0.241. The Bertz CT molecular complexity index is 1240. The summed E-state index contributed by atoms with van der Waals surface area (Å²) in [5.41, 5.74) is 6.41. The molecule has 1 aliphatic rings. The molecule has 0 atom stereocenters. The fourth-order valence-corrected chi connectivity index (χ4v) is 3.91. The van der Waals surface area contributed by atoms with Gasteiger partial charge in [-0.05, 0) is 19.9 Å². The first-order chi connectivity index (χ1) is 13.5. The Labute approximate surface area is 161 Å². The highest BCUT2D eigenvalue weighted by atomic mass is 16.3. The molecular formula is C20H22N6O2. The Hall–Kier alpha value is -3.13. The van der Waals surface area contributed by atoms with Gasteiger partial charge in [-0.2, -0.15) is 5.10 Å². The molecule has 0 bridgehead atoms. The fourth-order valence-electron chi connectivity index (χ4n) is 3.91. The molecule has 0 aliphatic carbocycles. The molecule has 0 amide bonds. The second kappa shape index (κ2) is 6.20. The molecule has 5 heterocycles. The number of furan rings is 1. The van der Waals surface area contributed by atoms with Crippen molar-refractivity contribution in [3.63, 3.8) is 0 Å². The first kappa shape index (κ1) is 17.0. The Morgan fingerprint density at radius 3 is 2.89 bits per heavy atom. The lowest BCUT2D eigenvalue weighted by Crippen LogP contribution is -2.36. The van der Waals surface area contributed by atoms with E-state index in [4.69, 9.17) is 9.40 Å². The minimum atomic E-state index is -0.0278. The zero-order valence-electron chi connectivity index (χ0n) is 16.2. The second-order valence-electron chi connectivity index (χ2n) is 7.44. The molecule has 0 saturated carbocycles. The molecule has 1 aliphatic heterocycles. The van der Waals surface area contributed by atoms with Gasteiger partial charge >= 0.3 is 0 Å². The monoisotopic (exact) mass is 378 g/mol. The first-order valence-electron chi connectivity index (χ1n) is 9.39. The van der Waals surface area contributed by atoms with Gasteiger partial charge in [0.15, 0.2) is 5.65 Å². The molecule has 4 aromatic heterocycles. The summed E-state index contributed by atoms with van der Waals surface area (Å²) in [5.74, 6) is 0.808. The number of hydrogen-bond acceptors (Lipinski definition) is 5. The van der Waals surface area contributed by atoms with Crippen LogP contribution in [0.25, 0.3) is 16.9 Å². The van der Waals surface area contributed by atoms with Crippen LogP contribution in [0.3, 0.4) is 0 Å². The molecule has 0 aromatic carbocycles. The van der Waals surface area contributed by atoms with Gasteiger partial charge in [-0.15, -0.1) is 0 Å². The first-order valence-corrected chi connectivity index (χ1v) is 9.39. The van der Waals surface area contributed by atoms with E-state index in [0.717, 1.165) is 53.5 Å². The number of nitrogens with zero attached hydrogens (tertiary/aromatic N) is 5. The minimum absolute atomic E-state index is 0.0278. The topological polar surface area (TPSA) is 84.4 Å². The lowest BCUT2D eigenvalue weighted by Gasteiger charge is -2.27. The van der Waals surface area contributed by atoms with Gasteiger partial charge in [0, 0.05) is 56.0 Å². The average molecular weight is 378 g/mol. The molecule has 0 fully saturated rings. The van der Waals surface area contributed by atoms with Crippen LogP contribution in [0.15, 0.2) is 33.8 Å². The third-order valence-electron chi connectivity index (χ3n) is 5.72. The number of aromatic amines is 1. The summed E-state index contributed by atoms with van der Waals surface area (Å²) in [5, 5.41) is 7.50. The van der Waals surface area contributed by atoms with Crippen LogP contribution in [0, 0.1) is 13.8 Å². The van der Waals surface area contributed by atoms with E-state index < -0.39 is 0 Å². The number of nitrogens with one attached hydrogen (secondary N) is 1. The maximum absolute atomic E-state index is 13.1. The van der Waals surface area contributed by atoms with Gasteiger partial charge in [-0.1, -0.05) is 0 Å². The SMILES string of the molecule is Cc1occc1-c1cc2nc3c(c(=O)n2[nH]1)CN(Cc1cnn(C)c1C)CC3. The van der Waals surface area contributed by atoms with Crippen molar-refractivity contribution >= 4 is 5.65 Å². The Morgan fingerprint density at radius 2 is 2.18 bits per heavy atom. The third-order valence-corrected chi connectivity index (χ3v) is 5.72. The van der Waals surface area contributed by atoms with Crippen molar-refractivity contribution in [2.75, 3.05) is 6.54 Å². The van der Waals surface area contributed by atoms with Crippen molar-refractivity contribution in [3.8, 4) is 11.3 Å². The zero-order valence-corrected chi connectivity index (χ0v) is 16.2. The maximum atomic E-state index is 13.1. The van der Waals surface area contributed by atoms with Crippen molar-refractivity contribution in [2.24, 2.45) is 7.05 Å². The third kappa shape index (κ3) is 2.60. The molecule has 1 N–H and O–H groups in total. The lowest BCUT2D eigenvalue weighted by atomic mass is 10.1. The fraction of sp³-hybridized carbons (Fsp3) is 0.350. The van der Waals surface area contributed by atoms with Crippen LogP contribution in [0.4, 0.5) is 0 Å². The Kier molecular flexibility index (Phi) is 3.77.